The molecule has 0 unspecified atom stereocenters. The van der Waals surface area contributed by atoms with E-state index in [4.69, 9.17) is 8.83 Å². The Morgan fingerprint density at radius 3 is 1.52 bits per heavy atom. The molecule has 0 amide bonds. The summed E-state index contributed by atoms with van der Waals surface area (Å²) in [5, 5.41) is 9.31. The van der Waals surface area contributed by atoms with Gasteiger partial charge in [0.05, 0.1) is 17.1 Å². The van der Waals surface area contributed by atoms with Gasteiger partial charge in [0.25, 0.3) is 0 Å². The molecular formula is C71H48N2O2. The van der Waals surface area contributed by atoms with Crippen molar-refractivity contribution in [2.24, 2.45) is 0 Å². The van der Waals surface area contributed by atoms with Crippen LogP contribution in [-0.2, 0) is 5.41 Å². The van der Waals surface area contributed by atoms with Gasteiger partial charge in [-0.2, -0.15) is 0 Å². The zero-order valence-electron chi connectivity index (χ0n) is 41.5. The highest BCUT2D eigenvalue weighted by Crippen LogP contribution is 2.57. The largest absolute Gasteiger partial charge is 0.454 e. The molecule has 15 rings (SSSR count). The zero-order chi connectivity index (χ0) is 49.8. The Labute approximate surface area is 434 Å². The number of hydrogen-bond donors (Lipinski definition) is 0. The van der Waals surface area contributed by atoms with Crippen molar-refractivity contribution in [3.05, 3.63) is 266 Å². The first-order chi connectivity index (χ1) is 37.0. The second-order valence-electron chi connectivity index (χ2n) is 20.3. The normalized spacial score (nSPS) is 12.8. The first-order valence-electron chi connectivity index (χ1n) is 25.8. The predicted molar refractivity (Wildman–Crippen MR) is 314 cm³/mol. The van der Waals surface area contributed by atoms with Crippen LogP contribution in [0.3, 0.4) is 0 Å². The number of anilines is 6. The molecule has 0 N–H and O–H groups in total. The average molecular weight is 961 g/mol. The molecule has 4 nitrogen and oxygen atoms in total. The van der Waals surface area contributed by atoms with Crippen LogP contribution >= 0.6 is 0 Å². The fraction of sp³-hybridized carbons (Fsp3) is 0.0423. The lowest BCUT2D eigenvalue weighted by atomic mass is 9.66. The Balaban J connectivity index is 0.986. The van der Waals surface area contributed by atoms with E-state index in [0.29, 0.717) is 0 Å². The van der Waals surface area contributed by atoms with Gasteiger partial charge in [0.15, 0.2) is 11.2 Å². The van der Waals surface area contributed by atoms with Crippen molar-refractivity contribution in [3.63, 3.8) is 0 Å². The number of para-hydroxylation sites is 6. The van der Waals surface area contributed by atoms with E-state index in [1.165, 1.54) is 54.9 Å². The highest BCUT2D eigenvalue weighted by Gasteiger charge is 2.37. The molecule has 2 heterocycles. The van der Waals surface area contributed by atoms with Crippen molar-refractivity contribution in [3.8, 4) is 33.4 Å². The molecule has 0 radical (unpaired) electrons. The number of rotatable bonds is 8. The summed E-state index contributed by atoms with van der Waals surface area (Å²) >= 11 is 0. The first-order valence-corrected chi connectivity index (χ1v) is 25.8. The Kier molecular flexibility index (Phi) is 9.58. The maximum atomic E-state index is 6.85. The second kappa shape index (κ2) is 16.7. The van der Waals surface area contributed by atoms with Crippen molar-refractivity contribution < 1.29 is 8.83 Å². The molecular weight excluding hydrogens is 913 g/mol. The molecule has 14 aromatic rings. The van der Waals surface area contributed by atoms with Crippen LogP contribution in [0.2, 0.25) is 0 Å². The smallest absolute Gasteiger partial charge is 0.159 e. The molecule has 0 saturated heterocycles. The van der Waals surface area contributed by atoms with Crippen LogP contribution in [-0.4, -0.2) is 0 Å². The Morgan fingerprint density at radius 1 is 0.307 bits per heavy atom. The van der Waals surface area contributed by atoms with Crippen LogP contribution in [0.5, 0.6) is 0 Å². The number of benzene rings is 12. The minimum Gasteiger partial charge on any atom is -0.454 e. The minimum atomic E-state index is -0.403. The summed E-state index contributed by atoms with van der Waals surface area (Å²) in [5.41, 5.74) is 19.0. The molecule has 1 aliphatic rings. The highest BCUT2D eigenvalue weighted by molar-refractivity contribution is 6.25. The van der Waals surface area contributed by atoms with Gasteiger partial charge in [0.2, 0.25) is 0 Å². The molecule has 0 bridgehead atoms. The number of furan rings is 2. The third-order valence-electron chi connectivity index (χ3n) is 15.8. The summed E-state index contributed by atoms with van der Waals surface area (Å²) in [7, 11) is 0. The van der Waals surface area contributed by atoms with Crippen LogP contribution in [0.15, 0.2) is 264 Å². The predicted octanol–water partition coefficient (Wildman–Crippen LogP) is 20.4. The van der Waals surface area contributed by atoms with E-state index in [9.17, 15) is 0 Å². The summed E-state index contributed by atoms with van der Waals surface area (Å²) < 4.78 is 13.6. The molecule has 12 aromatic carbocycles. The minimum absolute atomic E-state index is 0.403. The molecule has 75 heavy (non-hydrogen) atoms. The molecule has 0 fully saturated rings. The second-order valence-corrected chi connectivity index (χ2v) is 20.3. The van der Waals surface area contributed by atoms with Gasteiger partial charge in [-0.1, -0.05) is 202 Å². The molecule has 0 spiro atoms. The summed E-state index contributed by atoms with van der Waals surface area (Å²) in [5.74, 6) is 0. The highest BCUT2D eigenvalue weighted by atomic mass is 16.3. The van der Waals surface area contributed by atoms with E-state index < -0.39 is 5.41 Å². The van der Waals surface area contributed by atoms with E-state index in [1.54, 1.807) is 0 Å². The lowest BCUT2D eigenvalue weighted by molar-refractivity contribution is 0.645. The van der Waals surface area contributed by atoms with Gasteiger partial charge in [0.1, 0.15) is 11.2 Å². The van der Waals surface area contributed by atoms with E-state index in [-0.39, 0.29) is 0 Å². The van der Waals surface area contributed by atoms with Crippen LogP contribution < -0.4 is 9.80 Å². The number of fused-ring (bicyclic) bond motifs is 10. The zero-order valence-corrected chi connectivity index (χ0v) is 41.5. The first kappa shape index (κ1) is 43.0. The van der Waals surface area contributed by atoms with Gasteiger partial charge in [-0.15, -0.1) is 0 Å². The topological polar surface area (TPSA) is 32.8 Å². The Bertz CT molecular complexity index is 4570. The molecule has 0 atom stereocenters. The van der Waals surface area contributed by atoms with Crippen molar-refractivity contribution in [2.45, 2.75) is 19.3 Å². The van der Waals surface area contributed by atoms with E-state index in [0.717, 1.165) is 89.1 Å². The summed E-state index contributed by atoms with van der Waals surface area (Å²) in [6.45, 7) is 4.81. The molecule has 1 aliphatic carbocycles. The van der Waals surface area contributed by atoms with E-state index in [2.05, 4.69) is 266 Å². The van der Waals surface area contributed by atoms with E-state index in [1.807, 2.05) is 12.1 Å². The summed E-state index contributed by atoms with van der Waals surface area (Å²) in [4.78, 5) is 4.78. The van der Waals surface area contributed by atoms with Crippen molar-refractivity contribution in [1.82, 2.24) is 0 Å². The SMILES string of the molecule is CC1(C)c2cc(N(c3ccccc3-c3ccccc3)c3cccc4c3oc3ccccc34)ccc2-c2c(-c3ccccc3)c3ccc(N(c4ccccc4)c4cccc5c4oc4ccccc45)cc3c3cccc1c23. The number of nitrogens with zero attached hydrogens (tertiary/aromatic N) is 2. The third-order valence-corrected chi connectivity index (χ3v) is 15.8. The van der Waals surface area contributed by atoms with Crippen LogP contribution in [0, 0.1) is 0 Å². The Morgan fingerprint density at radius 2 is 0.827 bits per heavy atom. The maximum Gasteiger partial charge on any atom is 0.159 e. The standard InChI is InChI=1S/C71H48N2O2/c1-71(2)59-33-18-30-53-58-43-48(72(47-25-10-5-11-26-47)62-35-19-31-55-51-28-13-16-37-64(51)74-69(55)62)39-41-54(58)66(46-23-8-4-9-24-46)68(67(53)59)57-42-40-49(44-60(57)71)73(61-34-15-12-27-50(61)45-21-6-3-7-22-45)63-36-20-32-56-52-29-14-17-38-65(52)75-70(56)63/h3-44H,1-2H3. The monoisotopic (exact) mass is 960 g/mol. The van der Waals surface area contributed by atoms with Gasteiger partial charge < -0.3 is 18.6 Å². The van der Waals surface area contributed by atoms with Gasteiger partial charge in [-0.25, -0.2) is 0 Å². The summed E-state index contributed by atoms with van der Waals surface area (Å²) in [6, 6.07) is 92.1. The van der Waals surface area contributed by atoms with Gasteiger partial charge >= 0.3 is 0 Å². The maximum absolute atomic E-state index is 6.85. The van der Waals surface area contributed by atoms with Gasteiger partial charge in [-0.05, 0) is 127 Å². The fourth-order valence-corrected chi connectivity index (χ4v) is 12.4. The summed E-state index contributed by atoms with van der Waals surface area (Å²) in [6.07, 6.45) is 0. The van der Waals surface area contributed by atoms with Crippen molar-refractivity contribution >= 4 is 99.5 Å². The van der Waals surface area contributed by atoms with Gasteiger partial charge in [0, 0.05) is 49.6 Å². The number of hydrogen-bond acceptors (Lipinski definition) is 4. The van der Waals surface area contributed by atoms with Crippen LogP contribution in [0.4, 0.5) is 34.1 Å². The Hall–Kier alpha value is -9.64. The lowest BCUT2D eigenvalue weighted by Gasteiger charge is -2.38. The quantitative estimate of drug-likeness (QED) is 0.142. The molecule has 354 valence electrons. The van der Waals surface area contributed by atoms with Crippen molar-refractivity contribution in [2.75, 3.05) is 9.80 Å². The van der Waals surface area contributed by atoms with Crippen molar-refractivity contribution in [1.29, 1.82) is 0 Å². The van der Waals surface area contributed by atoms with Gasteiger partial charge in [-0.3, -0.25) is 0 Å². The fourth-order valence-electron chi connectivity index (χ4n) is 12.4. The van der Waals surface area contributed by atoms with Crippen LogP contribution in [0.25, 0.3) is 98.8 Å². The molecule has 0 aliphatic heterocycles. The van der Waals surface area contributed by atoms with E-state index >= 15 is 0 Å². The van der Waals surface area contributed by atoms with Crippen LogP contribution in [0.1, 0.15) is 25.0 Å². The lowest BCUT2D eigenvalue weighted by Crippen LogP contribution is -2.25. The average Bonchev–Trinajstić information content (AvgIpc) is 4.05. The third kappa shape index (κ3) is 6.56. The molecule has 0 saturated carbocycles. The molecule has 2 aromatic heterocycles. The molecule has 4 heteroatoms.